The minimum Gasteiger partial charge on any atom is -0.335 e. The first-order valence-corrected chi connectivity index (χ1v) is 10.7. The highest BCUT2D eigenvalue weighted by Crippen LogP contribution is 2.53. The molecule has 4 heteroatoms. The van der Waals surface area contributed by atoms with Crippen molar-refractivity contribution < 1.29 is 4.18 Å². The highest BCUT2D eigenvalue weighted by Gasteiger charge is 2.31. The summed E-state index contributed by atoms with van der Waals surface area (Å²) in [6.45, 7) is 9.82. The molecular formula is C17H28BrNOS. The van der Waals surface area contributed by atoms with Gasteiger partial charge in [-0.3, -0.25) is 0 Å². The van der Waals surface area contributed by atoms with Gasteiger partial charge in [-0.2, -0.15) is 0 Å². The molecule has 1 aromatic carbocycles. The Morgan fingerprint density at radius 1 is 1.33 bits per heavy atom. The molecular weight excluding hydrogens is 346 g/mol. The van der Waals surface area contributed by atoms with Crippen molar-refractivity contribution in [1.82, 2.24) is 5.32 Å². The average Bonchev–Trinajstić information content (AvgIpc) is 2.36. The molecule has 1 aliphatic heterocycles. The molecule has 2 atom stereocenters. The summed E-state index contributed by atoms with van der Waals surface area (Å²) < 4.78 is 7.78. The van der Waals surface area contributed by atoms with E-state index in [-0.39, 0.29) is 4.75 Å². The van der Waals surface area contributed by atoms with Crippen LogP contribution in [0.25, 0.3) is 0 Å². The van der Waals surface area contributed by atoms with E-state index in [9.17, 15) is 0 Å². The van der Waals surface area contributed by atoms with E-state index in [1.807, 2.05) is 0 Å². The molecule has 0 amide bonds. The molecule has 0 radical (unpaired) electrons. The smallest absolute Gasteiger partial charge is 0.0749 e. The van der Waals surface area contributed by atoms with Crippen LogP contribution in [0.15, 0.2) is 22.7 Å². The van der Waals surface area contributed by atoms with Gasteiger partial charge in [-0.15, -0.1) is 10.3 Å². The number of nitrogens with one attached hydrogen (secondary N) is 1. The Balaban J connectivity index is 2.07. The van der Waals surface area contributed by atoms with E-state index < -0.39 is 10.3 Å². The first-order chi connectivity index (χ1) is 9.62. The molecule has 0 aromatic heterocycles. The van der Waals surface area contributed by atoms with Gasteiger partial charge in [0.2, 0.25) is 0 Å². The first-order valence-electron chi connectivity index (χ1n) is 7.52. The molecule has 1 N–H and O–H groups in total. The molecule has 2 nitrogen and oxygen atoms in total. The highest BCUT2D eigenvalue weighted by molar-refractivity contribution is 9.10. The number of fused-ring (bicyclic) bond motifs is 1. The topological polar surface area (TPSA) is 21.3 Å². The van der Waals surface area contributed by atoms with Crippen LogP contribution < -0.4 is 5.32 Å². The van der Waals surface area contributed by atoms with Gasteiger partial charge in [-0.05, 0) is 43.0 Å². The summed E-state index contributed by atoms with van der Waals surface area (Å²) >= 11 is 3.70. The molecule has 120 valence electrons. The van der Waals surface area contributed by atoms with Crippen molar-refractivity contribution in [2.75, 3.05) is 19.1 Å². The molecule has 0 saturated heterocycles. The monoisotopic (exact) mass is 373 g/mol. The lowest BCUT2D eigenvalue weighted by Crippen LogP contribution is -2.42. The summed E-state index contributed by atoms with van der Waals surface area (Å²) in [5.74, 6) is 0. The van der Waals surface area contributed by atoms with Crippen molar-refractivity contribution in [3.05, 3.63) is 33.8 Å². The number of halogens is 1. The van der Waals surface area contributed by atoms with Gasteiger partial charge in [0.1, 0.15) is 0 Å². The van der Waals surface area contributed by atoms with E-state index in [1.165, 1.54) is 15.6 Å². The highest BCUT2D eigenvalue weighted by atomic mass is 79.9. The zero-order chi connectivity index (χ0) is 15.8. The van der Waals surface area contributed by atoms with Gasteiger partial charge < -0.3 is 9.50 Å². The molecule has 0 aliphatic carbocycles. The normalized spacial score (nSPS) is 23.8. The van der Waals surface area contributed by atoms with Crippen LogP contribution in [0.4, 0.5) is 0 Å². The second-order valence-corrected chi connectivity index (χ2v) is 12.0. The maximum absolute atomic E-state index is 6.34. The molecule has 2 rings (SSSR count). The van der Waals surface area contributed by atoms with Crippen molar-refractivity contribution in [2.45, 2.75) is 50.9 Å². The lowest BCUT2D eigenvalue weighted by molar-refractivity contribution is 0.265. The predicted molar refractivity (Wildman–Crippen MR) is 98.3 cm³/mol. The number of hydrogen-bond acceptors (Lipinski definition) is 2. The zero-order valence-electron chi connectivity index (χ0n) is 14.0. The second-order valence-electron chi connectivity index (χ2n) is 7.23. The van der Waals surface area contributed by atoms with Gasteiger partial charge in [-0.25, -0.2) is 0 Å². The second kappa shape index (κ2) is 6.23. The van der Waals surface area contributed by atoms with Gasteiger partial charge in [0.25, 0.3) is 0 Å². The lowest BCUT2D eigenvalue weighted by atomic mass is 9.91. The fourth-order valence-electron chi connectivity index (χ4n) is 2.48. The van der Waals surface area contributed by atoms with E-state index in [4.69, 9.17) is 4.18 Å². The predicted octanol–water partition coefficient (Wildman–Crippen LogP) is 4.82. The largest absolute Gasteiger partial charge is 0.335 e. The van der Waals surface area contributed by atoms with Crippen LogP contribution in [-0.4, -0.2) is 29.9 Å². The summed E-state index contributed by atoms with van der Waals surface area (Å²) in [4.78, 5) is 0. The number of benzene rings is 1. The van der Waals surface area contributed by atoms with Crippen molar-refractivity contribution >= 4 is 26.2 Å². The van der Waals surface area contributed by atoms with Crippen LogP contribution in [0.2, 0.25) is 0 Å². The summed E-state index contributed by atoms with van der Waals surface area (Å²) in [5.41, 5.74) is 2.84. The quantitative estimate of drug-likeness (QED) is 0.819. The molecule has 0 bridgehead atoms. The van der Waals surface area contributed by atoms with Crippen LogP contribution in [0, 0.1) is 0 Å². The molecule has 1 aliphatic rings. The van der Waals surface area contributed by atoms with Gasteiger partial charge in [-0.1, -0.05) is 48.8 Å². The first kappa shape index (κ1) is 17.3. The van der Waals surface area contributed by atoms with Crippen LogP contribution in [-0.2, 0) is 10.6 Å². The Hall–Kier alpha value is -0.0300. The van der Waals surface area contributed by atoms with E-state index >= 15 is 0 Å². The average molecular weight is 374 g/mol. The van der Waals surface area contributed by atoms with Crippen LogP contribution in [0.3, 0.4) is 0 Å². The van der Waals surface area contributed by atoms with Crippen LogP contribution >= 0.6 is 26.2 Å². The Morgan fingerprint density at radius 3 is 2.62 bits per heavy atom. The van der Waals surface area contributed by atoms with Crippen molar-refractivity contribution in [3.63, 3.8) is 0 Å². The molecule has 0 spiro atoms. The minimum atomic E-state index is -1.05. The molecule has 0 fully saturated rings. The van der Waals surface area contributed by atoms with Crippen LogP contribution in [0.5, 0.6) is 0 Å². The summed E-state index contributed by atoms with van der Waals surface area (Å²) in [6, 6.07) is 7.25. The van der Waals surface area contributed by atoms with Gasteiger partial charge in [0, 0.05) is 21.3 Å². The van der Waals surface area contributed by atoms with E-state index in [1.54, 1.807) is 0 Å². The Morgan fingerprint density at radius 2 is 2.00 bits per heavy atom. The Labute approximate surface area is 139 Å². The van der Waals surface area contributed by atoms with Crippen molar-refractivity contribution in [3.8, 4) is 0 Å². The SMILES string of the molecule is CC1N[C@@H](COS(C)(C)C(C)(C)C)Cc2c(Br)cccc21. The summed E-state index contributed by atoms with van der Waals surface area (Å²) in [6.07, 6.45) is 5.56. The minimum absolute atomic E-state index is 0.214. The fraction of sp³-hybridized carbons (Fsp3) is 0.647. The zero-order valence-corrected chi connectivity index (χ0v) is 16.4. The lowest BCUT2D eigenvalue weighted by Gasteiger charge is -2.45. The van der Waals surface area contributed by atoms with Crippen molar-refractivity contribution in [2.24, 2.45) is 0 Å². The summed E-state index contributed by atoms with van der Waals surface area (Å²) in [7, 11) is -1.05. The maximum atomic E-state index is 6.34. The summed E-state index contributed by atoms with van der Waals surface area (Å²) in [5, 5.41) is 3.69. The molecule has 1 unspecified atom stereocenters. The standard InChI is InChI=1S/C17H28BrNOS/c1-12-14-8-7-9-16(18)15(14)10-13(19-12)11-20-21(5,6)17(2,3)4/h7-9,12-13,19H,10-11H2,1-6H3/t12?,13-/m1/s1. The van der Waals surface area contributed by atoms with E-state index in [0.717, 1.165) is 13.0 Å². The third kappa shape index (κ3) is 3.84. The molecule has 1 heterocycles. The van der Waals surface area contributed by atoms with Crippen molar-refractivity contribution in [1.29, 1.82) is 0 Å². The van der Waals surface area contributed by atoms with Crippen LogP contribution in [0.1, 0.15) is 44.9 Å². The third-order valence-electron chi connectivity index (χ3n) is 4.60. The molecule has 0 saturated carbocycles. The maximum Gasteiger partial charge on any atom is 0.0749 e. The molecule has 1 aromatic rings. The third-order valence-corrected chi connectivity index (χ3v) is 9.01. The molecule has 21 heavy (non-hydrogen) atoms. The number of rotatable bonds is 3. The Bertz CT molecular complexity index is 510. The van der Waals surface area contributed by atoms with E-state index in [0.29, 0.717) is 12.1 Å². The van der Waals surface area contributed by atoms with Gasteiger partial charge in [0.05, 0.1) is 6.61 Å². The van der Waals surface area contributed by atoms with Gasteiger partial charge >= 0.3 is 0 Å². The fourth-order valence-corrected chi connectivity index (χ4v) is 3.88. The van der Waals surface area contributed by atoms with E-state index in [2.05, 4.69) is 79.7 Å². The Kier molecular flexibility index (Phi) is 5.14. The van der Waals surface area contributed by atoms with Gasteiger partial charge in [0.15, 0.2) is 0 Å². The number of hydrogen-bond donors (Lipinski definition) is 1.